The number of hydrogen-bond acceptors (Lipinski definition) is 0. The van der Waals surface area contributed by atoms with Crippen LogP contribution in [-0.2, 0) is 0 Å². The van der Waals surface area contributed by atoms with Crippen molar-refractivity contribution in [1.82, 2.24) is 0 Å². The molecule has 14 heavy (non-hydrogen) atoms. The highest BCUT2D eigenvalue weighted by Gasteiger charge is 2.27. The van der Waals surface area contributed by atoms with Crippen LogP contribution in [0.1, 0.15) is 59.3 Å². The zero-order valence-corrected chi connectivity index (χ0v) is 10.7. The lowest BCUT2D eigenvalue weighted by molar-refractivity contribution is 0.244. The largest absolute Gasteiger partial charge is 0.123 e. The first-order valence-corrected chi connectivity index (χ1v) is 6.71. The molecule has 3 atom stereocenters. The molecule has 0 N–H and O–H groups in total. The van der Waals surface area contributed by atoms with Gasteiger partial charge in [-0.15, -0.1) is 11.6 Å². The van der Waals surface area contributed by atoms with Crippen LogP contribution >= 0.6 is 11.6 Å². The van der Waals surface area contributed by atoms with Crippen molar-refractivity contribution in [2.45, 2.75) is 64.7 Å². The van der Waals surface area contributed by atoms with E-state index in [9.17, 15) is 0 Å². The van der Waals surface area contributed by atoms with Gasteiger partial charge in [-0.1, -0.05) is 33.6 Å². The molecule has 0 bridgehead atoms. The van der Waals surface area contributed by atoms with Crippen LogP contribution in [0.5, 0.6) is 0 Å². The minimum absolute atomic E-state index is 0.469. The van der Waals surface area contributed by atoms with Crippen molar-refractivity contribution in [2.24, 2.45) is 17.8 Å². The molecule has 0 nitrogen and oxygen atoms in total. The number of halogens is 1. The van der Waals surface area contributed by atoms with Crippen LogP contribution in [0.4, 0.5) is 0 Å². The third kappa shape index (κ3) is 3.81. The van der Waals surface area contributed by atoms with Gasteiger partial charge in [-0.2, -0.15) is 0 Å². The summed E-state index contributed by atoms with van der Waals surface area (Å²) in [6.45, 7) is 6.94. The summed E-state index contributed by atoms with van der Waals surface area (Å²) in [4.78, 5) is 0. The maximum absolute atomic E-state index is 6.39. The van der Waals surface area contributed by atoms with Crippen molar-refractivity contribution < 1.29 is 0 Å². The molecule has 0 heterocycles. The Bertz CT molecular complexity index is 153. The first-order valence-electron chi connectivity index (χ1n) is 6.27. The monoisotopic (exact) mass is 216 g/mol. The predicted molar refractivity (Wildman–Crippen MR) is 64.8 cm³/mol. The summed E-state index contributed by atoms with van der Waals surface area (Å²) in [6, 6.07) is 0. The maximum Gasteiger partial charge on any atom is 0.0364 e. The molecule has 1 aliphatic carbocycles. The van der Waals surface area contributed by atoms with E-state index in [0.29, 0.717) is 5.38 Å². The minimum Gasteiger partial charge on any atom is -0.123 e. The summed E-state index contributed by atoms with van der Waals surface area (Å²) in [5, 5.41) is 0.469. The SMILES string of the molecule is CCC1CCC(Cl)C(CCC(C)C)C1. The van der Waals surface area contributed by atoms with Crippen molar-refractivity contribution in [3.05, 3.63) is 0 Å². The van der Waals surface area contributed by atoms with Crippen molar-refractivity contribution in [1.29, 1.82) is 0 Å². The van der Waals surface area contributed by atoms with Crippen molar-refractivity contribution in [3.8, 4) is 0 Å². The molecule has 1 rings (SSSR count). The van der Waals surface area contributed by atoms with Gasteiger partial charge in [-0.25, -0.2) is 0 Å². The molecule has 84 valence electrons. The van der Waals surface area contributed by atoms with Gasteiger partial charge in [0.2, 0.25) is 0 Å². The fourth-order valence-corrected chi connectivity index (χ4v) is 2.90. The smallest absolute Gasteiger partial charge is 0.0364 e. The summed E-state index contributed by atoms with van der Waals surface area (Å²) in [6.07, 6.45) is 8.05. The van der Waals surface area contributed by atoms with E-state index in [1.807, 2.05) is 0 Å². The Balaban J connectivity index is 2.32. The molecule has 0 spiro atoms. The van der Waals surface area contributed by atoms with Gasteiger partial charge in [-0.05, 0) is 43.4 Å². The van der Waals surface area contributed by atoms with Crippen LogP contribution in [0.3, 0.4) is 0 Å². The average molecular weight is 217 g/mol. The first kappa shape index (κ1) is 12.4. The van der Waals surface area contributed by atoms with E-state index in [2.05, 4.69) is 20.8 Å². The maximum atomic E-state index is 6.39. The fraction of sp³-hybridized carbons (Fsp3) is 1.00. The van der Waals surface area contributed by atoms with Crippen LogP contribution in [0.2, 0.25) is 0 Å². The van der Waals surface area contributed by atoms with Crippen LogP contribution in [0.25, 0.3) is 0 Å². The van der Waals surface area contributed by atoms with E-state index in [1.165, 1.54) is 38.5 Å². The Morgan fingerprint density at radius 1 is 1.29 bits per heavy atom. The second-order valence-corrected chi connectivity index (χ2v) is 5.90. The molecule has 1 heteroatoms. The van der Waals surface area contributed by atoms with Gasteiger partial charge < -0.3 is 0 Å². The molecule has 3 unspecified atom stereocenters. The van der Waals surface area contributed by atoms with Gasteiger partial charge in [0, 0.05) is 5.38 Å². The van der Waals surface area contributed by atoms with Crippen molar-refractivity contribution in [3.63, 3.8) is 0 Å². The minimum atomic E-state index is 0.469. The summed E-state index contributed by atoms with van der Waals surface area (Å²) in [5.41, 5.74) is 0. The summed E-state index contributed by atoms with van der Waals surface area (Å²) in [7, 11) is 0. The first-order chi connectivity index (χ1) is 6.63. The average Bonchev–Trinajstić information content (AvgIpc) is 2.16. The number of alkyl halides is 1. The molecule has 1 fully saturated rings. The Labute approximate surface area is 94.4 Å². The number of rotatable bonds is 4. The topological polar surface area (TPSA) is 0 Å². The molecular formula is C13H25Cl. The predicted octanol–water partition coefficient (Wildman–Crippen LogP) is 4.86. The molecule has 1 saturated carbocycles. The second kappa shape index (κ2) is 6.00. The molecule has 0 amide bonds. The highest BCUT2D eigenvalue weighted by atomic mass is 35.5. The van der Waals surface area contributed by atoms with Gasteiger partial charge in [-0.3, -0.25) is 0 Å². The van der Waals surface area contributed by atoms with E-state index in [-0.39, 0.29) is 0 Å². The standard InChI is InChI=1S/C13H25Cl/c1-4-11-6-8-13(14)12(9-11)7-5-10(2)3/h10-13H,4-9H2,1-3H3. The lowest BCUT2D eigenvalue weighted by atomic mass is 9.77. The van der Waals surface area contributed by atoms with E-state index < -0.39 is 0 Å². The van der Waals surface area contributed by atoms with Crippen molar-refractivity contribution >= 4 is 11.6 Å². The third-order valence-corrected chi connectivity index (χ3v) is 4.27. The molecule has 0 aliphatic heterocycles. The molecule has 0 aromatic rings. The fourth-order valence-electron chi connectivity index (χ4n) is 2.54. The van der Waals surface area contributed by atoms with E-state index in [4.69, 9.17) is 11.6 Å². The lowest BCUT2D eigenvalue weighted by Gasteiger charge is -2.33. The molecule has 0 radical (unpaired) electrons. The molecular weight excluding hydrogens is 192 g/mol. The summed E-state index contributed by atoms with van der Waals surface area (Å²) >= 11 is 6.39. The Hall–Kier alpha value is 0.290. The van der Waals surface area contributed by atoms with Gasteiger partial charge in [0.15, 0.2) is 0 Å². The lowest BCUT2D eigenvalue weighted by Crippen LogP contribution is -2.25. The summed E-state index contributed by atoms with van der Waals surface area (Å²) in [5.74, 6) is 2.60. The van der Waals surface area contributed by atoms with Gasteiger partial charge in [0.1, 0.15) is 0 Å². The second-order valence-electron chi connectivity index (χ2n) is 5.33. The molecule has 1 aliphatic rings. The third-order valence-electron chi connectivity index (χ3n) is 3.69. The molecule has 0 aromatic heterocycles. The van der Waals surface area contributed by atoms with Crippen LogP contribution < -0.4 is 0 Å². The van der Waals surface area contributed by atoms with Gasteiger partial charge in [0.05, 0.1) is 0 Å². The molecule has 0 saturated heterocycles. The Morgan fingerprint density at radius 3 is 2.57 bits per heavy atom. The van der Waals surface area contributed by atoms with E-state index in [1.54, 1.807) is 0 Å². The van der Waals surface area contributed by atoms with Crippen LogP contribution in [0.15, 0.2) is 0 Å². The Morgan fingerprint density at radius 2 is 2.00 bits per heavy atom. The quantitative estimate of drug-likeness (QED) is 0.589. The normalized spacial score (nSPS) is 33.6. The van der Waals surface area contributed by atoms with Crippen LogP contribution in [0, 0.1) is 17.8 Å². The highest BCUT2D eigenvalue weighted by molar-refractivity contribution is 6.20. The Kier molecular flexibility index (Phi) is 5.30. The van der Waals surface area contributed by atoms with Crippen molar-refractivity contribution in [2.75, 3.05) is 0 Å². The van der Waals surface area contributed by atoms with E-state index in [0.717, 1.165) is 17.8 Å². The zero-order valence-electron chi connectivity index (χ0n) is 9.93. The number of hydrogen-bond donors (Lipinski definition) is 0. The van der Waals surface area contributed by atoms with Crippen LogP contribution in [-0.4, -0.2) is 5.38 Å². The highest BCUT2D eigenvalue weighted by Crippen LogP contribution is 2.37. The summed E-state index contributed by atoms with van der Waals surface area (Å²) < 4.78 is 0. The van der Waals surface area contributed by atoms with Gasteiger partial charge >= 0.3 is 0 Å². The van der Waals surface area contributed by atoms with Gasteiger partial charge in [0.25, 0.3) is 0 Å². The zero-order chi connectivity index (χ0) is 10.6. The van der Waals surface area contributed by atoms with E-state index >= 15 is 0 Å². The molecule has 0 aromatic carbocycles.